The molecule has 0 radical (unpaired) electrons. The van der Waals surface area contributed by atoms with E-state index in [1.807, 2.05) is 0 Å². The van der Waals surface area contributed by atoms with Crippen LogP contribution in [0.25, 0.3) is 0 Å². The molecule has 3 rings (SSSR count). The highest BCUT2D eigenvalue weighted by Crippen LogP contribution is 2.25. The normalized spacial score (nSPS) is 15.0. The summed E-state index contributed by atoms with van der Waals surface area (Å²) >= 11 is 0. The fourth-order valence-electron chi connectivity index (χ4n) is 3.23. The molecule has 5 heteroatoms. The van der Waals surface area contributed by atoms with E-state index in [9.17, 15) is 4.79 Å². The van der Waals surface area contributed by atoms with Crippen LogP contribution in [0, 0.1) is 0 Å². The van der Waals surface area contributed by atoms with Gasteiger partial charge in [-0.15, -0.1) is 0 Å². The lowest BCUT2D eigenvalue weighted by atomic mass is 9.94. The van der Waals surface area contributed by atoms with Crippen LogP contribution in [0.1, 0.15) is 41.3 Å². The molecule has 0 spiro atoms. The fraction of sp³-hybridized carbons (Fsp3) is 0.450. The van der Waals surface area contributed by atoms with Crippen LogP contribution < -0.4 is 5.32 Å². The van der Waals surface area contributed by atoms with Crippen molar-refractivity contribution in [2.45, 2.75) is 39.0 Å². The highest BCUT2D eigenvalue weighted by Gasteiger charge is 2.30. The number of ether oxygens (including phenoxy) is 1. The van der Waals surface area contributed by atoms with E-state index < -0.39 is 0 Å². The van der Waals surface area contributed by atoms with Crippen LogP contribution in [-0.4, -0.2) is 36.5 Å². The molecule has 2 heterocycles. The standard InChI is InChI=1S/C20H26N2O3/c1-20(2,22-11-10-15-6-4-5-7-16(15)12-22)14-21-19(23)18-9-8-17(25-18)13-24-3/h4-9H,10-14H2,1-3H3,(H,21,23). The third-order valence-electron chi connectivity index (χ3n) is 4.84. The van der Waals surface area contributed by atoms with Crippen molar-refractivity contribution in [2.75, 3.05) is 20.2 Å². The second-order valence-electron chi connectivity index (χ2n) is 7.13. The molecule has 0 fully saturated rings. The van der Waals surface area contributed by atoms with Gasteiger partial charge in [0, 0.05) is 32.3 Å². The van der Waals surface area contributed by atoms with Crippen molar-refractivity contribution in [2.24, 2.45) is 0 Å². The molecule has 2 aromatic rings. The summed E-state index contributed by atoms with van der Waals surface area (Å²) in [5.41, 5.74) is 2.67. The van der Waals surface area contributed by atoms with E-state index in [1.54, 1.807) is 19.2 Å². The molecule has 0 saturated heterocycles. The molecule has 25 heavy (non-hydrogen) atoms. The third kappa shape index (κ3) is 4.11. The van der Waals surface area contributed by atoms with Crippen LogP contribution in [0.5, 0.6) is 0 Å². The van der Waals surface area contributed by atoms with Crippen molar-refractivity contribution in [3.05, 3.63) is 59.0 Å². The summed E-state index contributed by atoms with van der Waals surface area (Å²) in [7, 11) is 1.60. The monoisotopic (exact) mass is 342 g/mol. The van der Waals surface area contributed by atoms with Crippen molar-refractivity contribution in [3.8, 4) is 0 Å². The van der Waals surface area contributed by atoms with Crippen molar-refractivity contribution in [3.63, 3.8) is 0 Å². The molecule has 0 saturated carbocycles. The van der Waals surface area contributed by atoms with Crippen LogP contribution in [0.3, 0.4) is 0 Å². The first-order valence-electron chi connectivity index (χ1n) is 8.67. The van der Waals surface area contributed by atoms with Crippen molar-refractivity contribution in [1.29, 1.82) is 0 Å². The van der Waals surface area contributed by atoms with Crippen LogP contribution in [0.4, 0.5) is 0 Å². The van der Waals surface area contributed by atoms with Crippen molar-refractivity contribution < 1.29 is 13.9 Å². The highest BCUT2D eigenvalue weighted by molar-refractivity contribution is 5.91. The number of amides is 1. The second-order valence-corrected chi connectivity index (χ2v) is 7.13. The summed E-state index contributed by atoms with van der Waals surface area (Å²) in [5, 5.41) is 3.00. The minimum Gasteiger partial charge on any atom is -0.453 e. The number of carbonyl (C=O) groups excluding carboxylic acids is 1. The fourth-order valence-corrected chi connectivity index (χ4v) is 3.23. The van der Waals surface area contributed by atoms with Crippen LogP contribution in [0.15, 0.2) is 40.8 Å². The molecular formula is C20H26N2O3. The van der Waals surface area contributed by atoms with Gasteiger partial charge in [-0.2, -0.15) is 0 Å². The Morgan fingerprint density at radius 1 is 1.24 bits per heavy atom. The van der Waals surface area contributed by atoms with E-state index in [1.165, 1.54) is 11.1 Å². The van der Waals surface area contributed by atoms with E-state index in [2.05, 4.69) is 48.3 Å². The third-order valence-corrected chi connectivity index (χ3v) is 4.84. The molecule has 0 bridgehead atoms. The van der Waals surface area contributed by atoms with E-state index in [0.717, 1.165) is 19.5 Å². The van der Waals surface area contributed by atoms with E-state index in [4.69, 9.17) is 9.15 Å². The van der Waals surface area contributed by atoms with Gasteiger partial charge in [-0.05, 0) is 43.5 Å². The van der Waals surface area contributed by atoms with Crippen LogP contribution in [0.2, 0.25) is 0 Å². The number of benzene rings is 1. The average Bonchev–Trinajstić information content (AvgIpc) is 3.08. The summed E-state index contributed by atoms with van der Waals surface area (Å²) < 4.78 is 10.5. The topological polar surface area (TPSA) is 54.7 Å². The maximum Gasteiger partial charge on any atom is 0.287 e. The Morgan fingerprint density at radius 2 is 2.00 bits per heavy atom. The maximum absolute atomic E-state index is 12.3. The number of methoxy groups -OCH3 is 1. The molecule has 5 nitrogen and oxygen atoms in total. The predicted octanol–water partition coefficient (Wildman–Crippen LogP) is 2.99. The largest absolute Gasteiger partial charge is 0.453 e. The van der Waals surface area contributed by atoms with Gasteiger partial charge in [-0.25, -0.2) is 0 Å². The molecule has 1 aromatic heterocycles. The molecule has 1 aliphatic heterocycles. The lowest BCUT2D eigenvalue weighted by Crippen LogP contribution is -2.53. The summed E-state index contributed by atoms with van der Waals surface area (Å²) in [6, 6.07) is 12.0. The first-order chi connectivity index (χ1) is 12.0. The zero-order valence-corrected chi connectivity index (χ0v) is 15.2. The highest BCUT2D eigenvalue weighted by atomic mass is 16.5. The quantitative estimate of drug-likeness (QED) is 0.877. The van der Waals surface area contributed by atoms with E-state index in [0.29, 0.717) is 24.7 Å². The molecule has 0 unspecified atom stereocenters. The molecule has 0 aliphatic carbocycles. The average molecular weight is 342 g/mol. The molecule has 0 atom stereocenters. The lowest BCUT2D eigenvalue weighted by Gasteiger charge is -2.41. The number of nitrogens with one attached hydrogen (secondary N) is 1. The number of furan rings is 1. The number of nitrogens with zero attached hydrogens (tertiary/aromatic N) is 1. The number of hydrogen-bond acceptors (Lipinski definition) is 4. The Hall–Kier alpha value is -2.11. The molecule has 1 aromatic carbocycles. The SMILES string of the molecule is COCc1ccc(C(=O)NCC(C)(C)N2CCc3ccccc3C2)o1. The van der Waals surface area contributed by atoms with E-state index in [-0.39, 0.29) is 11.4 Å². The molecular weight excluding hydrogens is 316 g/mol. The zero-order valence-electron chi connectivity index (χ0n) is 15.2. The Kier molecular flexibility index (Phi) is 5.25. The summed E-state index contributed by atoms with van der Waals surface area (Å²) in [6.45, 7) is 7.18. The van der Waals surface area contributed by atoms with Crippen LogP contribution >= 0.6 is 0 Å². The van der Waals surface area contributed by atoms with Gasteiger partial charge in [-0.3, -0.25) is 9.69 Å². The Balaban J connectivity index is 1.59. The smallest absolute Gasteiger partial charge is 0.287 e. The van der Waals surface area contributed by atoms with Gasteiger partial charge in [0.25, 0.3) is 5.91 Å². The van der Waals surface area contributed by atoms with Gasteiger partial charge in [0.05, 0.1) is 0 Å². The number of rotatable bonds is 6. The van der Waals surface area contributed by atoms with Gasteiger partial charge < -0.3 is 14.5 Å². The van der Waals surface area contributed by atoms with Gasteiger partial charge >= 0.3 is 0 Å². The summed E-state index contributed by atoms with van der Waals surface area (Å²) in [4.78, 5) is 14.8. The molecule has 1 amide bonds. The number of fused-ring (bicyclic) bond motifs is 1. The molecule has 134 valence electrons. The number of carbonyl (C=O) groups is 1. The second kappa shape index (κ2) is 7.42. The van der Waals surface area contributed by atoms with Crippen LogP contribution in [-0.2, 0) is 24.3 Å². The molecule has 1 N–H and O–H groups in total. The van der Waals surface area contributed by atoms with Crippen molar-refractivity contribution >= 4 is 5.91 Å². The van der Waals surface area contributed by atoms with Gasteiger partial charge in [-0.1, -0.05) is 24.3 Å². The lowest BCUT2D eigenvalue weighted by molar-refractivity contribution is 0.0799. The Bertz CT molecular complexity index is 736. The van der Waals surface area contributed by atoms with Crippen molar-refractivity contribution in [1.82, 2.24) is 10.2 Å². The van der Waals surface area contributed by atoms with Gasteiger partial charge in [0.15, 0.2) is 5.76 Å². The van der Waals surface area contributed by atoms with Gasteiger partial charge in [0.2, 0.25) is 0 Å². The van der Waals surface area contributed by atoms with E-state index >= 15 is 0 Å². The predicted molar refractivity (Wildman–Crippen MR) is 96.4 cm³/mol. The first kappa shape index (κ1) is 17.7. The van der Waals surface area contributed by atoms with Gasteiger partial charge in [0.1, 0.15) is 12.4 Å². The first-order valence-corrected chi connectivity index (χ1v) is 8.67. The summed E-state index contributed by atoms with van der Waals surface area (Å²) in [6.07, 6.45) is 1.05. The molecule has 1 aliphatic rings. The zero-order chi connectivity index (χ0) is 17.9. The summed E-state index contributed by atoms with van der Waals surface area (Å²) in [5.74, 6) is 0.791. The minimum atomic E-state index is -0.187. The maximum atomic E-state index is 12.3. The Morgan fingerprint density at radius 3 is 2.76 bits per heavy atom. The number of hydrogen-bond donors (Lipinski definition) is 1. The minimum absolute atomic E-state index is 0.134. The Labute approximate surface area is 149 Å².